The number of nitrogens with zero attached hydrogens (tertiary/aromatic N) is 2. The molecule has 17 heavy (non-hydrogen) atoms. The Kier molecular flexibility index (Phi) is 3.06. The molecule has 0 unspecified atom stereocenters. The monoisotopic (exact) mass is 250 g/mol. The molecule has 5 nitrogen and oxygen atoms in total. The number of benzene rings is 1. The van der Waals surface area contributed by atoms with Gasteiger partial charge in [-0.25, -0.2) is 9.97 Å². The zero-order chi connectivity index (χ0) is 12.3. The summed E-state index contributed by atoms with van der Waals surface area (Å²) in [7, 11) is -3.81. The number of rotatable bonds is 3. The molecule has 1 aromatic carbocycles. The lowest BCUT2D eigenvalue weighted by molar-refractivity contribution is 0.483. The average molecular weight is 250 g/mol. The molecule has 0 atom stereocenters. The molecule has 0 saturated carbocycles. The fourth-order valence-corrected chi connectivity index (χ4v) is 2.11. The minimum atomic E-state index is -3.81. The third-order valence-corrected chi connectivity index (χ3v) is 3.31. The third kappa shape index (κ3) is 2.79. The molecule has 88 valence electrons. The van der Waals surface area contributed by atoms with E-state index < -0.39 is 10.1 Å². The maximum atomic E-state index is 11.8. The first-order chi connectivity index (χ1) is 8.08. The summed E-state index contributed by atoms with van der Waals surface area (Å²) in [6.07, 6.45) is 3.88. The van der Waals surface area contributed by atoms with Crippen molar-refractivity contribution in [3.63, 3.8) is 0 Å². The Morgan fingerprint density at radius 1 is 1.06 bits per heavy atom. The van der Waals surface area contributed by atoms with Crippen LogP contribution in [-0.2, 0) is 10.1 Å². The fourth-order valence-electron chi connectivity index (χ4n) is 1.21. The highest BCUT2D eigenvalue weighted by atomic mass is 32.2. The highest BCUT2D eigenvalue weighted by molar-refractivity contribution is 7.87. The van der Waals surface area contributed by atoms with E-state index in [4.69, 9.17) is 4.18 Å². The van der Waals surface area contributed by atoms with Gasteiger partial charge in [-0.05, 0) is 19.1 Å². The van der Waals surface area contributed by atoms with Gasteiger partial charge in [-0.3, -0.25) is 0 Å². The van der Waals surface area contributed by atoms with Crippen LogP contribution in [0.4, 0.5) is 0 Å². The van der Waals surface area contributed by atoms with Crippen molar-refractivity contribution in [1.29, 1.82) is 0 Å². The van der Waals surface area contributed by atoms with Gasteiger partial charge in [0.05, 0.1) is 12.4 Å². The predicted octanol–water partition coefficient (Wildman–Crippen LogP) is 1.55. The molecule has 0 spiro atoms. The molecule has 0 aliphatic heterocycles. The maximum absolute atomic E-state index is 11.8. The van der Waals surface area contributed by atoms with E-state index in [0.717, 1.165) is 5.56 Å². The minimum absolute atomic E-state index is 0.0908. The number of aryl methyl sites for hydroxylation is 1. The highest BCUT2D eigenvalue weighted by Gasteiger charge is 2.16. The summed E-state index contributed by atoms with van der Waals surface area (Å²) in [6.45, 7) is 1.88. The van der Waals surface area contributed by atoms with E-state index in [1.807, 2.05) is 6.92 Å². The van der Waals surface area contributed by atoms with Crippen LogP contribution in [0.1, 0.15) is 5.56 Å². The standard InChI is InChI=1S/C11H10N2O3S/c1-9-2-4-11(5-3-9)17(14,15)16-10-6-12-8-13-7-10/h2-8H,1H3. The largest absolute Gasteiger partial charge is 0.376 e. The second-order valence-electron chi connectivity index (χ2n) is 3.42. The molecule has 0 amide bonds. The maximum Gasteiger partial charge on any atom is 0.339 e. The molecule has 0 N–H and O–H groups in total. The molecule has 2 rings (SSSR count). The zero-order valence-electron chi connectivity index (χ0n) is 9.07. The second kappa shape index (κ2) is 4.50. The third-order valence-electron chi connectivity index (χ3n) is 2.05. The van der Waals surface area contributed by atoms with Gasteiger partial charge in [0.2, 0.25) is 0 Å². The first-order valence-electron chi connectivity index (χ1n) is 4.84. The van der Waals surface area contributed by atoms with E-state index >= 15 is 0 Å². The van der Waals surface area contributed by atoms with E-state index in [0.29, 0.717) is 0 Å². The van der Waals surface area contributed by atoms with Crippen LogP contribution in [0.15, 0.2) is 47.9 Å². The van der Waals surface area contributed by atoms with Gasteiger partial charge in [-0.2, -0.15) is 8.42 Å². The van der Waals surface area contributed by atoms with Crippen molar-refractivity contribution in [2.24, 2.45) is 0 Å². The number of hydrogen-bond donors (Lipinski definition) is 0. The SMILES string of the molecule is Cc1ccc(S(=O)(=O)Oc2cncnc2)cc1. The summed E-state index contributed by atoms with van der Waals surface area (Å²) in [5.74, 6) is 0.0908. The quantitative estimate of drug-likeness (QED) is 0.773. The Morgan fingerprint density at radius 3 is 2.24 bits per heavy atom. The molecule has 0 saturated heterocycles. The second-order valence-corrected chi connectivity index (χ2v) is 4.97. The van der Waals surface area contributed by atoms with Crippen molar-refractivity contribution in [3.05, 3.63) is 48.5 Å². The smallest absolute Gasteiger partial charge is 0.339 e. The molecule has 0 aliphatic rings. The van der Waals surface area contributed by atoms with E-state index in [2.05, 4.69) is 9.97 Å². The van der Waals surface area contributed by atoms with Crippen molar-refractivity contribution < 1.29 is 12.6 Å². The molecule has 0 bridgehead atoms. The lowest BCUT2D eigenvalue weighted by atomic mass is 10.2. The molecular weight excluding hydrogens is 240 g/mol. The van der Waals surface area contributed by atoms with Crippen LogP contribution in [0.2, 0.25) is 0 Å². The highest BCUT2D eigenvalue weighted by Crippen LogP contribution is 2.16. The molecule has 0 radical (unpaired) electrons. The number of aromatic nitrogens is 2. The van der Waals surface area contributed by atoms with Crippen LogP contribution in [0.3, 0.4) is 0 Å². The minimum Gasteiger partial charge on any atom is -0.376 e. The molecule has 1 heterocycles. The van der Waals surface area contributed by atoms with Gasteiger partial charge in [0.1, 0.15) is 11.2 Å². The van der Waals surface area contributed by atoms with E-state index in [1.54, 1.807) is 12.1 Å². The van der Waals surface area contributed by atoms with Crippen molar-refractivity contribution >= 4 is 10.1 Å². The van der Waals surface area contributed by atoms with Crippen LogP contribution in [-0.4, -0.2) is 18.4 Å². The Morgan fingerprint density at radius 2 is 1.65 bits per heavy atom. The van der Waals surface area contributed by atoms with Gasteiger partial charge in [0.25, 0.3) is 0 Å². The first-order valence-corrected chi connectivity index (χ1v) is 6.25. The predicted molar refractivity (Wildman–Crippen MR) is 61.0 cm³/mol. The average Bonchev–Trinajstić information content (AvgIpc) is 2.30. The fraction of sp³-hybridized carbons (Fsp3) is 0.0909. The van der Waals surface area contributed by atoms with Gasteiger partial charge < -0.3 is 4.18 Å². The Balaban J connectivity index is 2.29. The Labute approximate surface area is 99.2 Å². The van der Waals surface area contributed by atoms with Gasteiger partial charge in [-0.1, -0.05) is 17.7 Å². The summed E-state index contributed by atoms with van der Waals surface area (Å²) in [6, 6.07) is 6.40. The van der Waals surface area contributed by atoms with Crippen LogP contribution in [0.25, 0.3) is 0 Å². The Hall–Kier alpha value is -1.95. The van der Waals surface area contributed by atoms with Crippen molar-refractivity contribution in [2.45, 2.75) is 11.8 Å². The lowest BCUT2D eigenvalue weighted by Gasteiger charge is -2.05. The van der Waals surface area contributed by atoms with Crippen LogP contribution >= 0.6 is 0 Å². The van der Waals surface area contributed by atoms with Crippen LogP contribution in [0, 0.1) is 6.92 Å². The molecule has 2 aromatic rings. The van der Waals surface area contributed by atoms with Gasteiger partial charge in [0.15, 0.2) is 5.75 Å². The summed E-state index contributed by atoms with van der Waals surface area (Å²) in [4.78, 5) is 7.46. The van der Waals surface area contributed by atoms with E-state index in [-0.39, 0.29) is 10.6 Å². The first kappa shape index (κ1) is 11.5. The van der Waals surface area contributed by atoms with E-state index in [9.17, 15) is 8.42 Å². The van der Waals surface area contributed by atoms with Gasteiger partial charge >= 0.3 is 10.1 Å². The summed E-state index contributed by atoms with van der Waals surface area (Å²) in [5.41, 5.74) is 0.979. The van der Waals surface area contributed by atoms with E-state index in [1.165, 1.54) is 30.9 Å². The van der Waals surface area contributed by atoms with Crippen LogP contribution in [0.5, 0.6) is 5.75 Å². The summed E-state index contributed by atoms with van der Waals surface area (Å²) in [5, 5.41) is 0. The molecular formula is C11H10N2O3S. The molecule has 6 heteroatoms. The number of hydrogen-bond acceptors (Lipinski definition) is 5. The summed E-state index contributed by atoms with van der Waals surface area (Å²) >= 11 is 0. The summed E-state index contributed by atoms with van der Waals surface area (Å²) < 4.78 is 28.5. The topological polar surface area (TPSA) is 69.2 Å². The molecule has 1 aromatic heterocycles. The van der Waals surface area contributed by atoms with Gasteiger partial charge in [0, 0.05) is 0 Å². The molecule has 0 aliphatic carbocycles. The van der Waals surface area contributed by atoms with Crippen molar-refractivity contribution in [2.75, 3.05) is 0 Å². The lowest BCUT2D eigenvalue weighted by Crippen LogP contribution is -2.09. The molecule has 0 fully saturated rings. The van der Waals surface area contributed by atoms with Gasteiger partial charge in [-0.15, -0.1) is 0 Å². The van der Waals surface area contributed by atoms with Crippen LogP contribution < -0.4 is 4.18 Å². The zero-order valence-corrected chi connectivity index (χ0v) is 9.89. The Bertz CT molecular complexity index is 594. The van der Waals surface area contributed by atoms with Crippen molar-refractivity contribution in [3.8, 4) is 5.75 Å². The normalized spacial score (nSPS) is 11.1. The van der Waals surface area contributed by atoms with Crippen molar-refractivity contribution in [1.82, 2.24) is 9.97 Å².